The first-order valence-corrected chi connectivity index (χ1v) is 16.4. The van der Waals surface area contributed by atoms with Crippen LogP contribution in [0.3, 0.4) is 0 Å². The van der Waals surface area contributed by atoms with Crippen molar-refractivity contribution < 1.29 is 4.79 Å². The molecule has 0 saturated heterocycles. The molecule has 17 heavy (non-hydrogen) atoms. The van der Waals surface area contributed by atoms with Crippen LogP contribution in [0.5, 0.6) is 0 Å². The Morgan fingerprint density at radius 2 is 1.94 bits per heavy atom. The molecular weight excluding hydrogens is 319 g/mol. The number of carbonyl (C=O) groups excluding carboxylic acids is 1. The van der Waals surface area contributed by atoms with Crippen molar-refractivity contribution in [3.8, 4) is 0 Å². The van der Waals surface area contributed by atoms with Crippen LogP contribution in [-0.2, 0) is 4.79 Å². The van der Waals surface area contributed by atoms with Gasteiger partial charge in [0.25, 0.3) is 0 Å². The van der Waals surface area contributed by atoms with Gasteiger partial charge in [-0.25, -0.2) is 0 Å². The van der Waals surface area contributed by atoms with E-state index >= 15 is 0 Å². The molecule has 0 unspecified atom stereocenters. The summed E-state index contributed by atoms with van der Waals surface area (Å²) in [5.74, 6) is 0.0174. The summed E-state index contributed by atoms with van der Waals surface area (Å²) in [6.45, 7) is 0. The molecule has 0 aliphatic carbocycles. The molecule has 0 fully saturated rings. The SMILES string of the molecule is [CH3][Sn]([CH3])([CH3])[CH2]CC(=O)N/N=C/c1ccccc1. The Morgan fingerprint density at radius 1 is 1.29 bits per heavy atom. The van der Waals surface area contributed by atoms with E-state index in [9.17, 15) is 4.79 Å². The van der Waals surface area contributed by atoms with Gasteiger partial charge in [-0.3, -0.25) is 0 Å². The minimum atomic E-state index is -1.81. The van der Waals surface area contributed by atoms with E-state index in [1.54, 1.807) is 6.21 Å². The molecule has 0 saturated carbocycles. The molecule has 3 nitrogen and oxygen atoms in total. The van der Waals surface area contributed by atoms with Crippen molar-refractivity contribution >= 4 is 30.5 Å². The van der Waals surface area contributed by atoms with Gasteiger partial charge in [0.15, 0.2) is 0 Å². The predicted molar refractivity (Wildman–Crippen MR) is 74.9 cm³/mol. The number of carbonyl (C=O) groups is 1. The normalized spacial score (nSPS) is 11.7. The Labute approximate surface area is 107 Å². The Hall–Kier alpha value is -0.841. The van der Waals surface area contributed by atoms with Crippen LogP contribution >= 0.6 is 0 Å². The number of nitrogens with zero attached hydrogens (tertiary/aromatic N) is 1. The maximum atomic E-state index is 11.5. The Balaban J connectivity index is 2.31. The second-order valence-corrected chi connectivity index (χ2v) is 21.3. The molecule has 0 spiro atoms. The van der Waals surface area contributed by atoms with Crippen LogP contribution in [0.1, 0.15) is 12.0 Å². The van der Waals surface area contributed by atoms with Crippen molar-refractivity contribution in [3.05, 3.63) is 35.9 Å². The van der Waals surface area contributed by atoms with Gasteiger partial charge in [0.2, 0.25) is 0 Å². The second kappa shape index (κ2) is 6.79. The average molecular weight is 339 g/mol. The number of hydrogen-bond donors (Lipinski definition) is 1. The molecule has 1 aromatic rings. The van der Waals surface area contributed by atoms with Gasteiger partial charge in [-0.1, -0.05) is 0 Å². The van der Waals surface area contributed by atoms with Crippen molar-refractivity contribution in [1.82, 2.24) is 5.43 Å². The molecule has 1 rings (SSSR count). The summed E-state index contributed by atoms with van der Waals surface area (Å²) < 4.78 is 1.07. The summed E-state index contributed by atoms with van der Waals surface area (Å²) >= 11 is -1.81. The van der Waals surface area contributed by atoms with Crippen molar-refractivity contribution in [2.45, 2.75) is 25.7 Å². The zero-order valence-corrected chi connectivity index (χ0v) is 13.6. The van der Waals surface area contributed by atoms with E-state index in [4.69, 9.17) is 0 Å². The van der Waals surface area contributed by atoms with Crippen LogP contribution in [-0.4, -0.2) is 30.5 Å². The van der Waals surface area contributed by atoms with Crippen LogP contribution in [0.25, 0.3) is 0 Å². The molecule has 92 valence electrons. The second-order valence-electron chi connectivity index (χ2n) is 5.26. The molecule has 0 radical (unpaired) electrons. The third-order valence-electron chi connectivity index (χ3n) is 2.30. The van der Waals surface area contributed by atoms with Gasteiger partial charge in [-0.2, -0.15) is 0 Å². The topological polar surface area (TPSA) is 41.5 Å². The van der Waals surface area contributed by atoms with E-state index in [1.807, 2.05) is 30.3 Å². The molecule has 0 aromatic heterocycles. The minimum absolute atomic E-state index is 0.0174. The molecule has 0 atom stereocenters. The molecule has 1 aromatic carbocycles. The first-order chi connectivity index (χ1) is 7.97. The van der Waals surface area contributed by atoms with Crippen molar-refractivity contribution in [2.75, 3.05) is 0 Å². The molecule has 0 aliphatic heterocycles. The van der Waals surface area contributed by atoms with Crippen molar-refractivity contribution in [2.24, 2.45) is 5.10 Å². The number of benzene rings is 1. The first-order valence-electron chi connectivity index (χ1n) is 5.84. The van der Waals surface area contributed by atoms with E-state index in [-0.39, 0.29) is 5.91 Å². The molecule has 1 N–H and O–H groups in total. The fraction of sp³-hybridized carbons (Fsp3) is 0.385. The predicted octanol–water partition coefficient (Wildman–Crippen LogP) is 2.87. The van der Waals surface area contributed by atoms with E-state index in [0.29, 0.717) is 6.42 Å². The summed E-state index contributed by atoms with van der Waals surface area (Å²) in [4.78, 5) is 18.5. The molecule has 0 heterocycles. The molecule has 1 amide bonds. The Morgan fingerprint density at radius 3 is 2.53 bits per heavy atom. The number of nitrogens with one attached hydrogen (secondary N) is 1. The summed E-state index contributed by atoms with van der Waals surface area (Å²) in [5, 5.41) is 3.94. The zero-order valence-electron chi connectivity index (χ0n) is 10.7. The number of rotatable bonds is 5. The van der Waals surface area contributed by atoms with Crippen LogP contribution in [0.2, 0.25) is 19.3 Å². The number of hydrazone groups is 1. The van der Waals surface area contributed by atoms with Gasteiger partial charge >= 0.3 is 107 Å². The van der Waals surface area contributed by atoms with E-state index < -0.39 is 18.4 Å². The van der Waals surface area contributed by atoms with Gasteiger partial charge in [-0.15, -0.1) is 0 Å². The van der Waals surface area contributed by atoms with Crippen molar-refractivity contribution in [3.63, 3.8) is 0 Å². The maximum absolute atomic E-state index is 11.5. The van der Waals surface area contributed by atoms with E-state index in [2.05, 4.69) is 25.3 Å². The van der Waals surface area contributed by atoms with E-state index in [1.165, 1.54) is 0 Å². The van der Waals surface area contributed by atoms with Gasteiger partial charge in [0.05, 0.1) is 0 Å². The van der Waals surface area contributed by atoms with Crippen LogP contribution in [0.15, 0.2) is 35.4 Å². The summed E-state index contributed by atoms with van der Waals surface area (Å²) in [5.41, 5.74) is 3.56. The van der Waals surface area contributed by atoms with Crippen LogP contribution in [0, 0.1) is 0 Å². The number of amides is 1. The quantitative estimate of drug-likeness (QED) is 0.500. The standard InChI is InChI=1S/C10H11N2O.3CH3.Sn/c1-2-10(13)12-11-8-9-6-4-3-5-7-9;;;;/h3-8H,1-2H2,(H,12,13);3*1H3;/b11-8+;;;;. The fourth-order valence-corrected chi connectivity index (χ4v) is 4.05. The first kappa shape index (κ1) is 14.2. The molecule has 0 bridgehead atoms. The Kier molecular flexibility index (Phi) is 5.68. The van der Waals surface area contributed by atoms with Gasteiger partial charge in [0, 0.05) is 0 Å². The fourth-order valence-electron chi connectivity index (χ4n) is 1.26. The number of hydrogen-bond acceptors (Lipinski definition) is 2. The van der Waals surface area contributed by atoms with Crippen LogP contribution < -0.4 is 5.43 Å². The van der Waals surface area contributed by atoms with E-state index in [0.717, 1.165) is 10.0 Å². The van der Waals surface area contributed by atoms with Gasteiger partial charge < -0.3 is 0 Å². The third kappa shape index (κ3) is 7.15. The zero-order chi connectivity index (χ0) is 12.7. The third-order valence-corrected chi connectivity index (χ3v) is 7.30. The summed E-state index contributed by atoms with van der Waals surface area (Å²) in [7, 11) is 0. The van der Waals surface area contributed by atoms with Gasteiger partial charge in [0.1, 0.15) is 0 Å². The van der Waals surface area contributed by atoms with Crippen molar-refractivity contribution in [1.29, 1.82) is 0 Å². The molecule has 0 aliphatic rings. The Bertz CT molecular complexity index is 382. The summed E-state index contributed by atoms with van der Waals surface area (Å²) in [6.07, 6.45) is 2.27. The summed E-state index contributed by atoms with van der Waals surface area (Å²) in [6, 6.07) is 9.73. The molecule has 4 heteroatoms. The van der Waals surface area contributed by atoms with Gasteiger partial charge in [-0.05, 0) is 0 Å². The monoisotopic (exact) mass is 340 g/mol. The molecular formula is C13H20N2OSn. The van der Waals surface area contributed by atoms with Crippen LogP contribution in [0.4, 0.5) is 0 Å². The average Bonchev–Trinajstić information content (AvgIpc) is 2.27.